The molecule has 0 bridgehead atoms. The minimum Gasteiger partial charge on any atom is -0.343 e. The van der Waals surface area contributed by atoms with E-state index >= 15 is 0 Å². The van der Waals surface area contributed by atoms with Crippen LogP contribution in [0.4, 0.5) is 4.39 Å². The topological polar surface area (TPSA) is 20.3 Å². The first-order chi connectivity index (χ1) is 3.70. The molecule has 1 aliphatic heterocycles. The number of carbonyl (C=O) groups excluding carboxylic acids is 1. The van der Waals surface area contributed by atoms with Gasteiger partial charge in [-0.15, -0.1) is 0 Å². The van der Waals surface area contributed by atoms with Crippen molar-refractivity contribution in [3.8, 4) is 0 Å². The highest BCUT2D eigenvalue weighted by Gasteiger charge is 2.25. The van der Waals surface area contributed by atoms with Crippen molar-refractivity contribution in [1.29, 1.82) is 0 Å². The fraction of sp³-hybridized carbons (Fsp3) is 0.800. The standard InChI is InChI=1S/C5H8FNO/c1-7-3-4(6)2-5(7)8/h4H,2-3H2,1H3/t4-/m0/s1. The maximum atomic E-state index is 12.2. The highest BCUT2D eigenvalue weighted by Crippen LogP contribution is 2.10. The number of hydrogen-bond acceptors (Lipinski definition) is 1. The Hall–Kier alpha value is -0.600. The van der Waals surface area contributed by atoms with E-state index in [9.17, 15) is 9.18 Å². The fourth-order valence-corrected chi connectivity index (χ4v) is 0.809. The lowest BCUT2D eigenvalue weighted by molar-refractivity contribution is -0.126. The molecule has 0 aromatic heterocycles. The second-order valence-electron chi connectivity index (χ2n) is 2.08. The average molecular weight is 117 g/mol. The van der Waals surface area contributed by atoms with Crippen molar-refractivity contribution in [1.82, 2.24) is 4.90 Å². The van der Waals surface area contributed by atoms with E-state index in [1.165, 1.54) is 4.90 Å². The summed E-state index contributed by atoms with van der Waals surface area (Å²) in [5.41, 5.74) is 0. The van der Waals surface area contributed by atoms with E-state index in [0.29, 0.717) is 0 Å². The first-order valence-electron chi connectivity index (χ1n) is 2.58. The molecule has 1 atom stereocenters. The van der Waals surface area contributed by atoms with Crippen LogP contribution in [-0.4, -0.2) is 30.6 Å². The Morgan fingerprint density at radius 2 is 2.50 bits per heavy atom. The van der Waals surface area contributed by atoms with Gasteiger partial charge in [-0.2, -0.15) is 0 Å². The van der Waals surface area contributed by atoms with Crippen LogP contribution in [0.1, 0.15) is 6.42 Å². The van der Waals surface area contributed by atoms with Gasteiger partial charge in [0.05, 0.1) is 13.0 Å². The van der Waals surface area contributed by atoms with Gasteiger partial charge < -0.3 is 4.90 Å². The van der Waals surface area contributed by atoms with E-state index in [2.05, 4.69) is 0 Å². The van der Waals surface area contributed by atoms with E-state index in [1.807, 2.05) is 0 Å². The molecular weight excluding hydrogens is 109 g/mol. The molecule has 1 saturated heterocycles. The molecule has 8 heavy (non-hydrogen) atoms. The van der Waals surface area contributed by atoms with E-state index in [1.54, 1.807) is 7.05 Å². The average Bonchev–Trinajstić information content (AvgIpc) is 1.85. The summed E-state index contributed by atoms with van der Waals surface area (Å²) < 4.78 is 12.2. The molecule has 1 fully saturated rings. The molecule has 1 aliphatic rings. The van der Waals surface area contributed by atoms with Gasteiger partial charge in [-0.25, -0.2) is 4.39 Å². The van der Waals surface area contributed by atoms with Crippen LogP contribution in [0.5, 0.6) is 0 Å². The number of carbonyl (C=O) groups is 1. The lowest BCUT2D eigenvalue weighted by atomic mass is 10.3. The summed E-state index contributed by atoms with van der Waals surface area (Å²) >= 11 is 0. The Kier molecular flexibility index (Phi) is 1.19. The molecular formula is C5H8FNO. The number of amides is 1. The van der Waals surface area contributed by atoms with Crippen LogP contribution < -0.4 is 0 Å². The smallest absolute Gasteiger partial charge is 0.225 e. The van der Waals surface area contributed by atoms with Crippen LogP contribution in [-0.2, 0) is 4.79 Å². The number of nitrogens with zero attached hydrogens (tertiary/aromatic N) is 1. The Morgan fingerprint density at radius 3 is 2.62 bits per heavy atom. The van der Waals surface area contributed by atoms with E-state index < -0.39 is 6.17 Å². The number of likely N-dealkylation sites (tertiary alicyclic amines) is 1. The van der Waals surface area contributed by atoms with Crippen molar-refractivity contribution in [3.63, 3.8) is 0 Å². The van der Waals surface area contributed by atoms with Crippen LogP contribution >= 0.6 is 0 Å². The van der Waals surface area contributed by atoms with Gasteiger partial charge in [0.15, 0.2) is 0 Å². The summed E-state index contributed by atoms with van der Waals surface area (Å²) in [6.07, 6.45) is -0.844. The van der Waals surface area contributed by atoms with Crippen molar-refractivity contribution >= 4 is 5.91 Å². The third-order valence-corrected chi connectivity index (χ3v) is 1.29. The zero-order valence-corrected chi connectivity index (χ0v) is 4.72. The molecule has 46 valence electrons. The van der Waals surface area contributed by atoms with Crippen LogP contribution in [0.15, 0.2) is 0 Å². The second kappa shape index (κ2) is 1.73. The lowest BCUT2D eigenvalue weighted by Crippen LogP contribution is -2.19. The Morgan fingerprint density at radius 1 is 1.88 bits per heavy atom. The summed E-state index contributed by atoms with van der Waals surface area (Å²) in [5, 5.41) is 0. The Labute approximate surface area is 47.3 Å². The van der Waals surface area contributed by atoms with Gasteiger partial charge in [0.2, 0.25) is 5.91 Å². The molecule has 0 spiro atoms. The highest BCUT2D eigenvalue weighted by atomic mass is 19.1. The van der Waals surface area contributed by atoms with Gasteiger partial charge in [0.1, 0.15) is 6.17 Å². The third kappa shape index (κ3) is 0.804. The minimum absolute atomic E-state index is 0.0799. The second-order valence-corrected chi connectivity index (χ2v) is 2.08. The van der Waals surface area contributed by atoms with E-state index in [4.69, 9.17) is 0 Å². The molecule has 1 heterocycles. The van der Waals surface area contributed by atoms with Gasteiger partial charge in [-0.05, 0) is 0 Å². The van der Waals surface area contributed by atoms with Crippen molar-refractivity contribution < 1.29 is 9.18 Å². The third-order valence-electron chi connectivity index (χ3n) is 1.29. The quantitative estimate of drug-likeness (QED) is 0.443. The number of rotatable bonds is 0. The molecule has 0 unspecified atom stereocenters. The van der Waals surface area contributed by atoms with Crippen LogP contribution in [0, 0.1) is 0 Å². The predicted molar refractivity (Wildman–Crippen MR) is 27.1 cm³/mol. The van der Waals surface area contributed by atoms with Crippen LogP contribution in [0.25, 0.3) is 0 Å². The molecule has 0 radical (unpaired) electrons. The lowest BCUT2D eigenvalue weighted by Gasteiger charge is -2.03. The van der Waals surface area contributed by atoms with Crippen molar-refractivity contribution in [2.45, 2.75) is 12.6 Å². The first-order valence-corrected chi connectivity index (χ1v) is 2.58. The van der Waals surface area contributed by atoms with E-state index in [0.717, 1.165) is 0 Å². The molecule has 1 rings (SSSR count). The summed E-state index contributed by atoms with van der Waals surface area (Å²) in [6, 6.07) is 0. The Balaban J connectivity index is 2.51. The zero-order chi connectivity index (χ0) is 6.15. The molecule has 3 heteroatoms. The molecule has 0 saturated carbocycles. The molecule has 0 N–H and O–H groups in total. The number of hydrogen-bond donors (Lipinski definition) is 0. The molecule has 0 aromatic carbocycles. The first kappa shape index (κ1) is 5.54. The number of halogens is 1. The SMILES string of the molecule is CN1C[C@@H](F)CC1=O. The molecule has 0 aliphatic carbocycles. The summed E-state index contributed by atoms with van der Waals surface area (Å²) in [4.78, 5) is 11.9. The van der Waals surface area contributed by atoms with Gasteiger partial charge in [-0.3, -0.25) is 4.79 Å². The number of alkyl halides is 1. The Bertz CT molecular complexity index is 115. The fourth-order valence-electron chi connectivity index (χ4n) is 0.809. The highest BCUT2D eigenvalue weighted by molar-refractivity contribution is 5.78. The minimum atomic E-state index is -0.924. The summed E-state index contributed by atoms with van der Waals surface area (Å²) in [7, 11) is 1.61. The zero-order valence-electron chi connectivity index (χ0n) is 4.72. The van der Waals surface area contributed by atoms with Gasteiger partial charge in [0.25, 0.3) is 0 Å². The molecule has 1 amide bonds. The van der Waals surface area contributed by atoms with Crippen LogP contribution in [0.3, 0.4) is 0 Å². The predicted octanol–water partition coefficient (Wildman–Crippen LogP) is 0.187. The summed E-state index contributed by atoms with van der Waals surface area (Å²) in [5.74, 6) is -0.0856. The maximum absolute atomic E-state index is 12.2. The van der Waals surface area contributed by atoms with Gasteiger partial charge in [-0.1, -0.05) is 0 Å². The summed E-state index contributed by atoms with van der Waals surface area (Å²) in [6.45, 7) is 0.277. The maximum Gasteiger partial charge on any atom is 0.225 e. The molecule has 2 nitrogen and oxygen atoms in total. The van der Waals surface area contributed by atoms with Gasteiger partial charge in [0, 0.05) is 7.05 Å². The van der Waals surface area contributed by atoms with E-state index in [-0.39, 0.29) is 18.9 Å². The normalized spacial score (nSPS) is 29.5. The monoisotopic (exact) mass is 117 g/mol. The van der Waals surface area contributed by atoms with Crippen LogP contribution in [0.2, 0.25) is 0 Å². The van der Waals surface area contributed by atoms with Crippen molar-refractivity contribution in [2.75, 3.05) is 13.6 Å². The largest absolute Gasteiger partial charge is 0.343 e. The van der Waals surface area contributed by atoms with Gasteiger partial charge >= 0.3 is 0 Å². The van der Waals surface area contributed by atoms with Crippen molar-refractivity contribution in [2.24, 2.45) is 0 Å². The molecule has 0 aromatic rings. The van der Waals surface area contributed by atoms with Crippen molar-refractivity contribution in [3.05, 3.63) is 0 Å².